The molecule has 2 amide bonds. The van der Waals surface area contributed by atoms with E-state index in [0.29, 0.717) is 32.6 Å². The molecule has 1 heterocycles. The standard InChI is InChI=1S/C19H28N2O3/c1-3-5-16-7-9-17(10-8-16)24-15-19(23)21-13-11-20(12-14-21)18(22)6-4-2/h7-10H,3-6,11-15H2,1-2H3. The van der Waals surface area contributed by atoms with Gasteiger partial charge in [0.05, 0.1) is 0 Å². The topological polar surface area (TPSA) is 49.9 Å². The Bertz CT molecular complexity index is 534. The van der Waals surface area contributed by atoms with E-state index < -0.39 is 0 Å². The molecule has 0 bridgehead atoms. The van der Waals surface area contributed by atoms with E-state index in [1.54, 1.807) is 4.90 Å². The van der Waals surface area contributed by atoms with Crippen molar-refractivity contribution in [2.75, 3.05) is 32.8 Å². The Labute approximate surface area is 144 Å². The Morgan fingerprint density at radius 3 is 2.04 bits per heavy atom. The number of carbonyl (C=O) groups is 2. The largest absolute Gasteiger partial charge is 0.484 e. The van der Waals surface area contributed by atoms with Crippen molar-refractivity contribution in [3.8, 4) is 5.75 Å². The number of benzene rings is 1. The highest BCUT2D eigenvalue weighted by Gasteiger charge is 2.23. The first kappa shape index (κ1) is 18.3. The molecule has 5 heteroatoms. The van der Waals surface area contributed by atoms with Crippen LogP contribution in [0.1, 0.15) is 38.7 Å². The van der Waals surface area contributed by atoms with Crippen LogP contribution in [0.25, 0.3) is 0 Å². The van der Waals surface area contributed by atoms with Crippen molar-refractivity contribution >= 4 is 11.8 Å². The molecule has 24 heavy (non-hydrogen) atoms. The fourth-order valence-corrected chi connectivity index (χ4v) is 2.85. The maximum Gasteiger partial charge on any atom is 0.260 e. The van der Waals surface area contributed by atoms with E-state index in [-0.39, 0.29) is 18.4 Å². The molecule has 1 aromatic rings. The maximum absolute atomic E-state index is 12.2. The zero-order valence-electron chi connectivity index (χ0n) is 14.8. The molecule has 0 N–H and O–H groups in total. The molecule has 1 aromatic carbocycles. The van der Waals surface area contributed by atoms with Crippen LogP contribution < -0.4 is 4.74 Å². The quantitative estimate of drug-likeness (QED) is 0.771. The highest BCUT2D eigenvalue weighted by Crippen LogP contribution is 2.14. The van der Waals surface area contributed by atoms with Crippen molar-refractivity contribution in [2.24, 2.45) is 0 Å². The van der Waals surface area contributed by atoms with Crippen LogP contribution in [-0.4, -0.2) is 54.4 Å². The van der Waals surface area contributed by atoms with Gasteiger partial charge in [0.2, 0.25) is 5.91 Å². The predicted molar refractivity (Wildman–Crippen MR) is 94.0 cm³/mol. The molecule has 0 atom stereocenters. The molecule has 5 nitrogen and oxygen atoms in total. The van der Waals surface area contributed by atoms with Gasteiger partial charge in [-0.3, -0.25) is 9.59 Å². The van der Waals surface area contributed by atoms with Gasteiger partial charge in [0.15, 0.2) is 6.61 Å². The van der Waals surface area contributed by atoms with Gasteiger partial charge in [-0.2, -0.15) is 0 Å². The van der Waals surface area contributed by atoms with Crippen molar-refractivity contribution in [3.63, 3.8) is 0 Å². The minimum atomic E-state index is -0.0183. The van der Waals surface area contributed by atoms with Gasteiger partial charge in [-0.1, -0.05) is 32.4 Å². The van der Waals surface area contributed by atoms with E-state index in [9.17, 15) is 9.59 Å². The molecule has 1 aliphatic heterocycles. The first-order valence-corrected chi connectivity index (χ1v) is 8.91. The van der Waals surface area contributed by atoms with Crippen LogP contribution in [0.4, 0.5) is 0 Å². The number of piperazine rings is 1. The average Bonchev–Trinajstić information content (AvgIpc) is 2.61. The van der Waals surface area contributed by atoms with Crippen molar-refractivity contribution in [3.05, 3.63) is 29.8 Å². The number of aryl methyl sites for hydroxylation is 1. The van der Waals surface area contributed by atoms with Crippen molar-refractivity contribution in [1.29, 1.82) is 0 Å². The normalized spacial score (nSPS) is 14.6. The number of hydrogen-bond acceptors (Lipinski definition) is 3. The molecule has 2 rings (SSSR count). The lowest BCUT2D eigenvalue weighted by Gasteiger charge is -2.34. The third-order valence-corrected chi connectivity index (χ3v) is 4.27. The SMILES string of the molecule is CCCC(=O)N1CCN(C(=O)COc2ccc(CCC)cc2)CC1. The first-order chi connectivity index (χ1) is 11.6. The number of ether oxygens (including phenoxy) is 1. The van der Waals surface area contributed by atoms with Crippen molar-refractivity contribution in [2.45, 2.75) is 39.5 Å². The molecule has 0 radical (unpaired) electrons. The summed E-state index contributed by atoms with van der Waals surface area (Å²) in [6.07, 6.45) is 3.62. The van der Waals surface area contributed by atoms with Crippen LogP contribution in [0.2, 0.25) is 0 Å². The molecule has 1 saturated heterocycles. The van der Waals surface area contributed by atoms with E-state index in [1.165, 1.54) is 5.56 Å². The smallest absolute Gasteiger partial charge is 0.260 e. The number of rotatable bonds is 7. The number of carbonyl (C=O) groups excluding carboxylic acids is 2. The summed E-state index contributed by atoms with van der Waals surface area (Å²) in [6, 6.07) is 7.92. The Hall–Kier alpha value is -2.04. The summed E-state index contributed by atoms with van der Waals surface area (Å²) < 4.78 is 5.60. The molecule has 0 aliphatic carbocycles. The highest BCUT2D eigenvalue weighted by atomic mass is 16.5. The van der Waals surface area contributed by atoms with E-state index in [0.717, 1.165) is 25.0 Å². The summed E-state index contributed by atoms with van der Waals surface area (Å²) in [6.45, 7) is 6.63. The summed E-state index contributed by atoms with van der Waals surface area (Å²) >= 11 is 0. The second-order valence-corrected chi connectivity index (χ2v) is 6.19. The molecular formula is C19H28N2O3. The molecule has 0 spiro atoms. The van der Waals surface area contributed by atoms with Gasteiger partial charge in [0.25, 0.3) is 5.91 Å². The third-order valence-electron chi connectivity index (χ3n) is 4.27. The Morgan fingerprint density at radius 2 is 1.50 bits per heavy atom. The molecular weight excluding hydrogens is 304 g/mol. The zero-order valence-corrected chi connectivity index (χ0v) is 14.8. The van der Waals surface area contributed by atoms with Gasteiger partial charge in [-0.25, -0.2) is 0 Å². The van der Waals surface area contributed by atoms with Crippen LogP contribution in [0.15, 0.2) is 24.3 Å². The second-order valence-electron chi connectivity index (χ2n) is 6.19. The first-order valence-electron chi connectivity index (χ1n) is 8.91. The van der Waals surface area contributed by atoms with Gasteiger partial charge in [-0.05, 0) is 30.5 Å². The van der Waals surface area contributed by atoms with E-state index >= 15 is 0 Å². The number of hydrogen-bond donors (Lipinski definition) is 0. The van der Waals surface area contributed by atoms with Crippen LogP contribution in [0.3, 0.4) is 0 Å². The Balaban J connectivity index is 1.74. The summed E-state index contributed by atoms with van der Waals surface area (Å²) in [7, 11) is 0. The molecule has 1 fully saturated rings. The highest BCUT2D eigenvalue weighted by molar-refractivity contribution is 5.79. The maximum atomic E-state index is 12.2. The van der Waals surface area contributed by atoms with Gasteiger partial charge in [-0.15, -0.1) is 0 Å². The van der Waals surface area contributed by atoms with E-state index in [2.05, 4.69) is 6.92 Å². The van der Waals surface area contributed by atoms with Crippen LogP contribution in [0, 0.1) is 0 Å². The molecule has 0 aromatic heterocycles. The lowest BCUT2D eigenvalue weighted by Crippen LogP contribution is -2.51. The molecule has 132 valence electrons. The molecule has 1 aliphatic rings. The summed E-state index contributed by atoms with van der Waals surface area (Å²) in [4.78, 5) is 27.7. The average molecular weight is 332 g/mol. The van der Waals surface area contributed by atoms with Crippen LogP contribution in [0.5, 0.6) is 5.75 Å². The van der Waals surface area contributed by atoms with Gasteiger partial charge in [0, 0.05) is 32.6 Å². The minimum Gasteiger partial charge on any atom is -0.484 e. The number of amides is 2. The van der Waals surface area contributed by atoms with E-state index in [4.69, 9.17) is 4.74 Å². The van der Waals surface area contributed by atoms with Gasteiger partial charge in [0.1, 0.15) is 5.75 Å². The lowest BCUT2D eigenvalue weighted by atomic mass is 10.1. The monoisotopic (exact) mass is 332 g/mol. The van der Waals surface area contributed by atoms with Gasteiger partial charge >= 0.3 is 0 Å². The summed E-state index contributed by atoms with van der Waals surface area (Å²) in [5.74, 6) is 0.892. The Morgan fingerprint density at radius 1 is 0.917 bits per heavy atom. The lowest BCUT2D eigenvalue weighted by molar-refractivity contribution is -0.140. The zero-order chi connectivity index (χ0) is 17.4. The molecule has 0 unspecified atom stereocenters. The van der Waals surface area contributed by atoms with Crippen molar-refractivity contribution < 1.29 is 14.3 Å². The summed E-state index contributed by atoms with van der Waals surface area (Å²) in [5.41, 5.74) is 1.28. The second kappa shape index (κ2) is 9.30. The minimum absolute atomic E-state index is 0.0183. The fourth-order valence-electron chi connectivity index (χ4n) is 2.85. The third kappa shape index (κ3) is 5.25. The summed E-state index contributed by atoms with van der Waals surface area (Å²) in [5, 5.41) is 0. The van der Waals surface area contributed by atoms with Crippen molar-refractivity contribution in [1.82, 2.24) is 9.80 Å². The van der Waals surface area contributed by atoms with Gasteiger partial charge < -0.3 is 14.5 Å². The van der Waals surface area contributed by atoms with Crippen LogP contribution >= 0.6 is 0 Å². The van der Waals surface area contributed by atoms with Crippen LogP contribution in [-0.2, 0) is 16.0 Å². The van der Waals surface area contributed by atoms with E-state index in [1.807, 2.05) is 36.1 Å². The Kier molecular flexibility index (Phi) is 7.09. The number of nitrogens with zero attached hydrogens (tertiary/aromatic N) is 2. The molecule has 0 saturated carbocycles. The predicted octanol–water partition coefficient (Wildman–Crippen LogP) is 2.49. The fraction of sp³-hybridized carbons (Fsp3) is 0.579.